The molecule has 1 amide bonds. The van der Waals surface area contributed by atoms with Gasteiger partial charge in [0, 0.05) is 16.3 Å². The van der Waals surface area contributed by atoms with E-state index in [9.17, 15) is 14.0 Å². The van der Waals surface area contributed by atoms with E-state index in [1.165, 1.54) is 12.1 Å². The first-order valence-corrected chi connectivity index (χ1v) is 8.79. The van der Waals surface area contributed by atoms with Crippen LogP contribution >= 0.6 is 0 Å². The average molecular weight is 393 g/mol. The van der Waals surface area contributed by atoms with Crippen LogP contribution in [-0.4, -0.2) is 18.5 Å². The number of carbonyl (C=O) groups is 2. The number of ether oxygens (including phenoxy) is 2. The van der Waals surface area contributed by atoms with Crippen LogP contribution in [0.5, 0.6) is 5.75 Å². The summed E-state index contributed by atoms with van der Waals surface area (Å²) in [4.78, 5) is 23.8. The number of carbonyl (C=O) groups excluding carboxylic acids is 2. The molecule has 3 aromatic carbocycles. The number of para-hydroxylation sites is 1. The number of hydrogen-bond acceptors (Lipinski definition) is 5. The predicted molar refractivity (Wildman–Crippen MR) is 104 cm³/mol. The van der Waals surface area contributed by atoms with Gasteiger partial charge >= 0.3 is 5.97 Å². The van der Waals surface area contributed by atoms with Crippen molar-refractivity contribution in [3.63, 3.8) is 0 Å². The van der Waals surface area contributed by atoms with Crippen molar-refractivity contribution in [2.24, 2.45) is 5.73 Å². The maximum absolute atomic E-state index is 13.1. The van der Waals surface area contributed by atoms with E-state index in [2.05, 4.69) is 0 Å². The van der Waals surface area contributed by atoms with E-state index in [0.29, 0.717) is 11.3 Å². The first kappa shape index (κ1) is 18.5. The maximum atomic E-state index is 13.1. The first-order valence-electron chi connectivity index (χ1n) is 8.79. The van der Waals surface area contributed by atoms with Gasteiger partial charge in [-0.2, -0.15) is 0 Å². The standard InChI is InChI=1S/C22H16FNO5/c23-14-7-5-13(6-8-14)21(22(24)26)29-20(25)12-27-15-9-10-19-17(11-15)16-3-1-2-4-18(16)28-19/h1-11,21H,12H2,(H2,24,26)/t21-/m1/s1. The summed E-state index contributed by atoms with van der Waals surface area (Å²) in [6, 6.07) is 17.7. The maximum Gasteiger partial charge on any atom is 0.345 e. The summed E-state index contributed by atoms with van der Waals surface area (Å²) in [6.45, 7) is -0.424. The molecule has 0 saturated heterocycles. The summed E-state index contributed by atoms with van der Waals surface area (Å²) >= 11 is 0. The van der Waals surface area contributed by atoms with Crippen LogP contribution in [0.3, 0.4) is 0 Å². The fourth-order valence-electron chi connectivity index (χ4n) is 3.03. The lowest BCUT2D eigenvalue weighted by Gasteiger charge is -2.15. The Labute approximate surface area is 164 Å². The molecule has 7 heteroatoms. The Balaban J connectivity index is 1.46. The number of halogens is 1. The number of primary amides is 1. The van der Waals surface area contributed by atoms with Gasteiger partial charge in [0.15, 0.2) is 6.61 Å². The Morgan fingerprint density at radius 2 is 1.69 bits per heavy atom. The van der Waals surface area contributed by atoms with Crippen molar-refractivity contribution >= 4 is 33.8 Å². The number of nitrogens with two attached hydrogens (primary N) is 1. The molecular formula is C22H16FNO5. The third-order valence-corrected chi connectivity index (χ3v) is 4.39. The number of hydrogen-bond donors (Lipinski definition) is 1. The fourth-order valence-corrected chi connectivity index (χ4v) is 3.03. The van der Waals surface area contributed by atoms with Gasteiger partial charge in [0.1, 0.15) is 22.7 Å². The lowest BCUT2D eigenvalue weighted by Crippen LogP contribution is -2.28. The molecule has 0 aliphatic carbocycles. The van der Waals surface area contributed by atoms with E-state index in [-0.39, 0.29) is 5.56 Å². The molecule has 0 unspecified atom stereocenters. The molecule has 6 nitrogen and oxygen atoms in total. The monoisotopic (exact) mass is 393 g/mol. The summed E-state index contributed by atoms with van der Waals surface area (Å²) in [6.07, 6.45) is -1.33. The average Bonchev–Trinajstić information content (AvgIpc) is 3.09. The number of rotatable bonds is 6. The molecule has 0 spiro atoms. The predicted octanol–water partition coefficient (Wildman–Crippen LogP) is 3.87. The second-order valence-corrected chi connectivity index (χ2v) is 6.37. The van der Waals surface area contributed by atoms with E-state index >= 15 is 0 Å². The minimum Gasteiger partial charge on any atom is -0.482 e. The van der Waals surface area contributed by atoms with Crippen molar-refractivity contribution < 1.29 is 27.9 Å². The van der Waals surface area contributed by atoms with Gasteiger partial charge in [0.2, 0.25) is 6.10 Å². The van der Waals surface area contributed by atoms with Crippen LogP contribution < -0.4 is 10.5 Å². The third-order valence-electron chi connectivity index (χ3n) is 4.39. The number of furan rings is 1. The zero-order valence-electron chi connectivity index (χ0n) is 15.1. The second kappa shape index (κ2) is 7.63. The van der Waals surface area contributed by atoms with Gasteiger partial charge in [0.25, 0.3) is 5.91 Å². The van der Waals surface area contributed by atoms with Crippen LogP contribution in [0, 0.1) is 5.82 Å². The van der Waals surface area contributed by atoms with Crippen molar-refractivity contribution in [1.29, 1.82) is 0 Å². The molecule has 2 N–H and O–H groups in total. The molecule has 0 bridgehead atoms. The second-order valence-electron chi connectivity index (χ2n) is 6.37. The molecule has 146 valence electrons. The molecule has 1 aromatic heterocycles. The number of fused-ring (bicyclic) bond motifs is 3. The largest absolute Gasteiger partial charge is 0.482 e. The van der Waals surface area contributed by atoms with Gasteiger partial charge in [-0.15, -0.1) is 0 Å². The third kappa shape index (κ3) is 3.89. The first-order chi connectivity index (χ1) is 14.0. The molecule has 0 saturated carbocycles. The molecule has 0 fully saturated rings. The van der Waals surface area contributed by atoms with Crippen LogP contribution in [0.1, 0.15) is 11.7 Å². The van der Waals surface area contributed by atoms with E-state index in [1.54, 1.807) is 18.2 Å². The van der Waals surface area contributed by atoms with Crippen LogP contribution in [0.15, 0.2) is 71.1 Å². The highest BCUT2D eigenvalue weighted by molar-refractivity contribution is 6.05. The van der Waals surface area contributed by atoms with Crippen molar-refractivity contribution in [1.82, 2.24) is 0 Å². The van der Waals surface area contributed by atoms with Crippen LogP contribution in [0.4, 0.5) is 4.39 Å². The molecule has 4 aromatic rings. The molecule has 4 rings (SSSR count). The quantitative estimate of drug-likeness (QED) is 0.502. The van der Waals surface area contributed by atoms with E-state index in [0.717, 1.165) is 28.5 Å². The fraction of sp³-hybridized carbons (Fsp3) is 0.0909. The highest BCUT2D eigenvalue weighted by Crippen LogP contribution is 2.31. The van der Waals surface area contributed by atoms with Crippen molar-refractivity contribution in [2.45, 2.75) is 6.10 Å². The SMILES string of the molecule is NC(=O)[C@H](OC(=O)COc1ccc2oc3ccccc3c2c1)c1ccc(F)cc1. The van der Waals surface area contributed by atoms with E-state index in [4.69, 9.17) is 19.6 Å². The van der Waals surface area contributed by atoms with E-state index in [1.807, 2.05) is 24.3 Å². The van der Waals surface area contributed by atoms with E-state index < -0.39 is 30.4 Å². The van der Waals surface area contributed by atoms with Crippen LogP contribution in [0.25, 0.3) is 21.9 Å². The Kier molecular flexibility index (Phi) is 4.87. The van der Waals surface area contributed by atoms with Gasteiger partial charge in [0.05, 0.1) is 0 Å². The van der Waals surface area contributed by atoms with Gasteiger partial charge in [-0.3, -0.25) is 4.79 Å². The number of benzene rings is 3. The number of esters is 1. The van der Waals surface area contributed by atoms with Crippen molar-refractivity contribution in [2.75, 3.05) is 6.61 Å². The lowest BCUT2D eigenvalue weighted by atomic mass is 10.1. The molecule has 0 radical (unpaired) electrons. The Morgan fingerprint density at radius 3 is 2.45 bits per heavy atom. The van der Waals surface area contributed by atoms with Gasteiger partial charge in [-0.1, -0.05) is 30.3 Å². The highest BCUT2D eigenvalue weighted by atomic mass is 19.1. The molecule has 29 heavy (non-hydrogen) atoms. The zero-order valence-corrected chi connectivity index (χ0v) is 15.1. The molecule has 0 aliphatic heterocycles. The molecule has 1 heterocycles. The number of amides is 1. The smallest absolute Gasteiger partial charge is 0.345 e. The summed E-state index contributed by atoms with van der Waals surface area (Å²) in [5.41, 5.74) is 7.03. The molecule has 1 atom stereocenters. The van der Waals surface area contributed by atoms with Gasteiger partial charge in [-0.05, 0) is 36.4 Å². The zero-order chi connectivity index (χ0) is 20.4. The highest BCUT2D eigenvalue weighted by Gasteiger charge is 2.23. The minimum absolute atomic E-state index is 0.276. The molecular weight excluding hydrogens is 377 g/mol. The topological polar surface area (TPSA) is 91.8 Å². The summed E-state index contributed by atoms with van der Waals surface area (Å²) in [5.74, 6) is -1.68. The molecule has 0 aliphatic rings. The minimum atomic E-state index is -1.33. The lowest BCUT2D eigenvalue weighted by molar-refractivity contribution is -0.157. The summed E-state index contributed by atoms with van der Waals surface area (Å²) in [7, 11) is 0. The van der Waals surface area contributed by atoms with Crippen molar-refractivity contribution in [3.05, 3.63) is 78.1 Å². The van der Waals surface area contributed by atoms with Crippen LogP contribution in [-0.2, 0) is 14.3 Å². The van der Waals surface area contributed by atoms with Crippen molar-refractivity contribution in [3.8, 4) is 5.75 Å². The van der Waals surface area contributed by atoms with Gasteiger partial charge in [-0.25, -0.2) is 9.18 Å². The Hall–Kier alpha value is -3.87. The van der Waals surface area contributed by atoms with Crippen LogP contribution in [0.2, 0.25) is 0 Å². The normalized spacial score (nSPS) is 12.0. The Bertz CT molecular complexity index is 1200. The summed E-state index contributed by atoms with van der Waals surface area (Å²) in [5, 5.41) is 1.79. The van der Waals surface area contributed by atoms with Gasteiger partial charge < -0.3 is 19.6 Å². The summed E-state index contributed by atoms with van der Waals surface area (Å²) < 4.78 is 29.4. The Morgan fingerprint density at radius 1 is 0.966 bits per heavy atom.